The number of para-hydroxylation sites is 1. The highest BCUT2D eigenvalue weighted by Crippen LogP contribution is 2.26. The van der Waals surface area contributed by atoms with Crippen LogP contribution < -0.4 is 0 Å². The maximum atomic E-state index is 12.9. The Bertz CT molecular complexity index is 985. The maximum Gasteiger partial charge on any atom is 0.340 e. The van der Waals surface area contributed by atoms with Crippen LogP contribution in [0.5, 0.6) is 0 Å². The summed E-state index contributed by atoms with van der Waals surface area (Å²) >= 11 is 0. The molecule has 3 aromatic rings. The zero-order chi connectivity index (χ0) is 16.6. The van der Waals surface area contributed by atoms with Gasteiger partial charge in [-0.25, -0.2) is 17.2 Å². The normalized spacial score (nSPS) is 11.6. The van der Waals surface area contributed by atoms with E-state index in [1.165, 1.54) is 13.3 Å². The molecule has 1 aromatic heterocycles. The minimum absolute atomic E-state index is 0.167. The average molecular weight is 329 g/mol. The van der Waals surface area contributed by atoms with E-state index in [1.807, 2.05) is 6.92 Å². The van der Waals surface area contributed by atoms with Gasteiger partial charge in [0, 0.05) is 11.6 Å². The van der Waals surface area contributed by atoms with E-state index in [1.54, 1.807) is 48.5 Å². The van der Waals surface area contributed by atoms with Gasteiger partial charge in [-0.3, -0.25) is 0 Å². The monoisotopic (exact) mass is 329 g/mol. The Balaban J connectivity index is 2.27. The molecule has 3 rings (SSSR count). The summed E-state index contributed by atoms with van der Waals surface area (Å²) in [7, 11) is -2.53. The first-order valence-electron chi connectivity index (χ1n) is 6.96. The minimum Gasteiger partial charge on any atom is -0.465 e. The molecule has 0 bridgehead atoms. The van der Waals surface area contributed by atoms with Crippen LogP contribution in [0.4, 0.5) is 0 Å². The molecule has 0 aliphatic carbocycles. The van der Waals surface area contributed by atoms with E-state index in [4.69, 9.17) is 4.74 Å². The lowest BCUT2D eigenvalue weighted by atomic mass is 10.2. The standard InChI is InChI=1S/C17H15NO4S/c1-12-7-9-13(10-8-12)23(20,21)18-11-15(17(19)22-2)14-5-3-4-6-16(14)18/h3-11H,1-2H3. The SMILES string of the molecule is COC(=O)c1cn(S(=O)(=O)c2ccc(C)cc2)c2ccccc12. The Morgan fingerprint density at radius 3 is 2.35 bits per heavy atom. The van der Waals surface area contributed by atoms with E-state index in [-0.39, 0.29) is 10.5 Å². The number of hydrogen-bond acceptors (Lipinski definition) is 4. The quantitative estimate of drug-likeness (QED) is 0.693. The second-order valence-electron chi connectivity index (χ2n) is 5.17. The third kappa shape index (κ3) is 2.51. The number of hydrogen-bond donors (Lipinski definition) is 0. The molecule has 0 fully saturated rings. The van der Waals surface area contributed by atoms with E-state index >= 15 is 0 Å². The fourth-order valence-electron chi connectivity index (χ4n) is 2.45. The molecule has 0 aliphatic heterocycles. The number of fused-ring (bicyclic) bond motifs is 1. The van der Waals surface area contributed by atoms with Gasteiger partial charge in [0.05, 0.1) is 23.1 Å². The number of methoxy groups -OCH3 is 1. The van der Waals surface area contributed by atoms with E-state index in [2.05, 4.69) is 0 Å². The lowest BCUT2D eigenvalue weighted by Crippen LogP contribution is -2.12. The van der Waals surface area contributed by atoms with Crippen LogP contribution in [-0.2, 0) is 14.8 Å². The zero-order valence-electron chi connectivity index (χ0n) is 12.7. The topological polar surface area (TPSA) is 65.4 Å². The average Bonchev–Trinajstić information content (AvgIpc) is 2.95. The van der Waals surface area contributed by atoms with E-state index in [0.717, 1.165) is 9.54 Å². The van der Waals surface area contributed by atoms with Gasteiger partial charge < -0.3 is 4.74 Å². The van der Waals surface area contributed by atoms with Crippen molar-refractivity contribution >= 4 is 26.9 Å². The number of aryl methyl sites for hydroxylation is 1. The van der Waals surface area contributed by atoms with Crippen LogP contribution >= 0.6 is 0 Å². The van der Waals surface area contributed by atoms with Gasteiger partial charge >= 0.3 is 5.97 Å². The number of aromatic nitrogens is 1. The Kier molecular flexibility index (Phi) is 3.69. The highest BCUT2D eigenvalue weighted by Gasteiger charge is 2.23. The van der Waals surface area contributed by atoms with Gasteiger partial charge in [0.1, 0.15) is 0 Å². The van der Waals surface area contributed by atoms with Crippen molar-refractivity contribution < 1.29 is 17.9 Å². The predicted octanol–water partition coefficient (Wildman–Crippen LogP) is 2.97. The van der Waals surface area contributed by atoms with Gasteiger partial charge in [-0.1, -0.05) is 35.9 Å². The Morgan fingerprint density at radius 2 is 1.70 bits per heavy atom. The largest absolute Gasteiger partial charge is 0.465 e. The lowest BCUT2D eigenvalue weighted by Gasteiger charge is -2.07. The van der Waals surface area contributed by atoms with Crippen LogP contribution in [0.3, 0.4) is 0 Å². The molecule has 0 amide bonds. The number of esters is 1. The number of nitrogens with zero attached hydrogens (tertiary/aromatic N) is 1. The van der Waals surface area contributed by atoms with Crippen LogP contribution in [0.25, 0.3) is 10.9 Å². The molecule has 5 nitrogen and oxygen atoms in total. The molecule has 23 heavy (non-hydrogen) atoms. The molecule has 0 N–H and O–H groups in total. The number of carbonyl (C=O) groups excluding carboxylic acids is 1. The molecular weight excluding hydrogens is 314 g/mol. The molecule has 0 saturated heterocycles. The maximum absolute atomic E-state index is 12.9. The van der Waals surface area contributed by atoms with Crippen molar-refractivity contribution in [3.05, 3.63) is 65.9 Å². The number of benzene rings is 2. The van der Waals surface area contributed by atoms with Crippen LogP contribution in [0, 0.1) is 6.92 Å². The third-order valence-electron chi connectivity index (χ3n) is 3.66. The summed E-state index contributed by atoms with van der Waals surface area (Å²) in [6, 6.07) is 13.4. The van der Waals surface area contributed by atoms with E-state index in [0.29, 0.717) is 10.9 Å². The van der Waals surface area contributed by atoms with Gasteiger partial charge in [0.2, 0.25) is 0 Å². The van der Waals surface area contributed by atoms with Crippen LogP contribution in [0.2, 0.25) is 0 Å². The van der Waals surface area contributed by atoms with Crippen molar-refractivity contribution in [2.24, 2.45) is 0 Å². The fourth-order valence-corrected chi connectivity index (χ4v) is 3.81. The summed E-state index contributed by atoms with van der Waals surface area (Å²) in [5.74, 6) is -0.570. The van der Waals surface area contributed by atoms with Crippen molar-refractivity contribution in [3.8, 4) is 0 Å². The van der Waals surface area contributed by atoms with Gasteiger partial charge in [0.15, 0.2) is 0 Å². The van der Waals surface area contributed by atoms with Gasteiger partial charge in [0.25, 0.3) is 10.0 Å². The van der Waals surface area contributed by atoms with Crippen molar-refractivity contribution in [1.82, 2.24) is 3.97 Å². The van der Waals surface area contributed by atoms with Crippen LogP contribution in [0.15, 0.2) is 59.6 Å². The second-order valence-corrected chi connectivity index (χ2v) is 6.98. The summed E-state index contributed by atoms with van der Waals surface area (Å²) < 4.78 is 31.7. The summed E-state index contributed by atoms with van der Waals surface area (Å²) in [4.78, 5) is 12.1. The summed E-state index contributed by atoms with van der Waals surface area (Å²) in [5.41, 5.74) is 1.63. The van der Waals surface area contributed by atoms with Crippen molar-refractivity contribution in [1.29, 1.82) is 0 Å². The second kappa shape index (κ2) is 5.55. The molecule has 0 unspecified atom stereocenters. The lowest BCUT2D eigenvalue weighted by molar-refractivity contribution is 0.0603. The third-order valence-corrected chi connectivity index (χ3v) is 5.35. The molecule has 0 spiro atoms. The molecule has 0 atom stereocenters. The molecular formula is C17H15NO4S. The highest BCUT2D eigenvalue weighted by molar-refractivity contribution is 7.90. The number of carbonyl (C=O) groups is 1. The first kappa shape index (κ1) is 15.3. The molecule has 0 aliphatic rings. The summed E-state index contributed by atoms with van der Waals surface area (Å²) in [6.07, 6.45) is 1.31. The van der Waals surface area contributed by atoms with Crippen molar-refractivity contribution in [2.45, 2.75) is 11.8 Å². The Labute approximate surface area is 134 Å². The molecule has 2 aromatic carbocycles. The predicted molar refractivity (Wildman–Crippen MR) is 87.0 cm³/mol. The van der Waals surface area contributed by atoms with Crippen LogP contribution in [-0.4, -0.2) is 25.5 Å². The molecule has 118 valence electrons. The van der Waals surface area contributed by atoms with E-state index < -0.39 is 16.0 Å². The highest BCUT2D eigenvalue weighted by atomic mass is 32.2. The number of ether oxygens (including phenoxy) is 1. The fraction of sp³-hybridized carbons (Fsp3) is 0.118. The molecule has 0 saturated carbocycles. The molecule has 6 heteroatoms. The van der Waals surface area contributed by atoms with Gasteiger partial charge in [-0.05, 0) is 25.1 Å². The Morgan fingerprint density at radius 1 is 1.04 bits per heavy atom. The zero-order valence-corrected chi connectivity index (χ0v) is 13.5. The summed E-state index contributed by atoms with van der Waals surface area (Å²) in [6.45, 7) is 1.89. The van der Waals surface area contributed by atoms with Crippen molar-refractivity contribution in [3.63, 3.8) is 0 Å². The van der Waals surface area contributed by atoms with Crippen molar-refractivity contribution in [2.75, 3.05) is 7.11 Å². The summed E-state index contributed by atoms with van der Waals surface area (Å²) in [5, 5.41) is 0.537. The Hall–Kier alpha value is -2.60. The first-order valence-corrected chi connectivity index (χ1v) is 8.40. The molecule has 0 radical (unpaired) electrons. The minimum atomic E-state index is -3.79. The van der Waals surface area contributed by atoms with E-state index in [9.17, 15) is 13.2 Å². The smallest absolute Gasteiger partial charge is 0.340 e. The molecule has 1 heterocycles. The van der Waals surface area contributed by atoms with Crippen LogP contribution in [0.1, 0.15) is 15.9 Å². The first-order chi connectivity index (χ1) is 10.9. The number of rotatable bonds is 3. The van der Waals surface area contributed by atoms with Gasteiger partial charge in [-0.2, -0.15) is 0 Å². The van der Waals surface area contributed by atoms with Gasteiger partial charge in [-0.15, -0.1) is 0 Å².